The van der Waals surface area contributed by atoms with E-state index in [0.717, 1.165) is 23.6 Å². The van der Waals surface area contributed by atoms with Crippen LogP contribution in [0.25, 0.3) is 0 Å². The number of carbonyl (C=O) groups is 2. The highest BCUT2D eigenvalue weighted by molar-refractivity contribution is 5.91. The van der Waals surface area contributed by atoms with Crippen LogP contribution in [0.3, 0.4) is 0 Å². The van der Waals surface area contributed by atoms with Crippen LogP contribution < -0.4 is 9.47 Å². The predicted octanol–water partition coefficient (Wildman–Crippen LogP) is 5.39. The molecule has 0 radical (unpaired) electrons. The number of benzene rings is 3. The lowest BCUT2D eigenvalue weighted by Gasteiger charge is -2.08. The highest BCUT2D eigenvalue weighted by atomic mass is 19.1. The van der Waals surface area contributed by atoms with Gasteiger partial charge < -0.3 is 14.2 Å². The minimum absolute atomic E-state index is 0.309. The Labute approximate surface area is 208 Å². The summed E-state index contributed by atoms with van der Waals surface area (Å²) in [7, 11) is 0. The van der Waals surface area contributed by atoms with Gasteiger partial charge in [-0.05, 0) is 84.6 Å². The molecule has 0 aromatic heterocycles. The van der Waals surface area contributed by atoms with E-state index in [1.54, 1.807) is 66.9 Å². The van der Waals surface area contributed by atoms with Crippen molar-refractivity contribution in [1.29, 1.82) is 0 Å². The van der Waals surface area contributed by atoms with Gasteiger partial charge in [0.25, 0.3) is 0 Å². The van der Waals surface area contributed by atoms with E-state index in [9.17, 15) is 14.0 Å². The molecule has 0 aliphatic carbocycles. The Morgan fingerprint density at radius 1 is 0.778 bits per heavy atom. The van der Waals surface area contributed by atoms with Crippen LogP contribution in [0.2, 0.25) is 0 Å². The Morgan fingerprint density at radius 3 is 1.94 bits per heavy atom. The van der Waals surface area contributed by atoms with E-state index >= 15 is 0 Å². The van der Waals surface area contributed by atoms with Gasteiger partial charge in [0.1, 0.15) is 17.3 Å². The Bertz CT molecular complexity index is 1200. The van der Waals surface area contributed by atoms with Gasteiger partial charge in [0, 0.05) is 6.08 Å². The number of rotatable bonds is 12. The zero-order valence-corrected chi connectivity index (χ0v) is 19.5. The fourth-order valence-corrected chi connectivity index (χ4v) is 2.85. The molecule has 184 valence electrons. The lowest BCUT2D eigenvalue weighted by atomic mass is 10.2. The van der Waals surface area contributed by atoms with Crippen LogP contribution in [0.1, 0.15) is 34.3 Å². The second-order valence-corrected chi connectivity index (χ2v) is 7.45. The summed E-state index contributed by atoms with van der Waals surface area (Å²) in [5, 5.41) is 7.89. The van der Waals surface area contributed by atoms with Crippen molar-refractivity contribution in [1.82, 2.24) is 0 Å². The van der Waals surface area contributed by atoms with Gasteiger partial charge in [0.2, 0.25) is 0 Å². The molecule has 7 nitrogen and oxygen atoms in total. The van der Waals surface area contributed by atoms with Crippen molar-refractivity contribution >= 4 is 24.4 Å². The van der Waals surface area contributed by atoms with Crippen LogP contribution >= 0.6 is 0 Å². The lowest BCUT2D eigenvalue weighted by molar-refractivity contribution is -0.137. The highest BCUT2D eigenvalue weighted by Gasteiger charge is 2.09. The van der Waals surface area contributed by atoms with E-state index in [4.69, 9.17) is 14.2 Å². The lowest BCUT2D eigenvalue weighted by Crippen LogP contribution is -2.08. The van der Waals surface area contributed by atoms with Crippen LogP contribution in [-0.4, -0.2) is 37.6 Å². The molecule has 3 aromatic rings. The Balaban J connectivity index is 1.41. The molecule has 0 fully saturated rings. The largest absolute Gasteiger partial charge is 0.494 e. The normalized spacial score (nSPS) is 10.9. The van der Waals surface area contributed by atoms with Gasteiger partial charge >= 0.3 is 11.9 Å². The summed E-state index contributed by atoms with van der Waals surface area (Å²) in [6, 6.07) is 19.4. The topological polar surface area (TPSA) is 86.5 Å². The molecule has 0 amide bonds. The number of unbranched alkanes of at least 4 members (excludes halogenated alkanes) is 1. The molecular weight excluding hydrogens is 463 g/mol. The van der Waals surface area contributed by atoms with Crippen molar-refractivity contribution in [2.24, 2.45) is 10.2 Å². The Hall–Kier alpha value is -4.59. The second kappa shape index (κ2) is 14.0. The monoisotopic (exact) mass is 488 g/mol. The number of carbonyl (C=O) groups excluding carboxylic acids is 2. The Morgan fingerprint density at radius 2 is 1.33 bits per heavy atom. The summed E-state index contributed by atoms with van der Waals surface area (Å²) in [5.74, 6) is -0.218. The first-order valence-corrected chi connectivity index (χ1v) is 11.2. The van der Waals surface area contributed by atoms with Crippen molar-refractivity contribution in [2.45, 2.75) is 12.8 Å². The van der Waals surface area contributed by atoms with Gasteiger partial charge in [-0.15, -0.1) is 0 Å². The average Bonchev–Trinajstić information content (AvgIpc) is 2.90. The summed E-state index contributed by atoms with van der Waals surface area (Å²) < 4.78 is 28.8. The van der Waals surface area contributed by atoms with E-state index in [-0.39, 0.29) is 5.82 Å². The van der Waals surface area contributed by atoms with Crippen molar-refractivity contribution in [3.63, 3.8) is 0 Å². The molecule has 0 bridgehead atoms. The molecule has 0 aliphatic rings. The second-order valence-electron chi connectivity index (χ2n) is 7.45. The quantitative estimate of drug-likeness (QED) is 0.0853. The molecule has 0 atom stereocenters. The number of nitrogens with zero attached hydrogens (tertiary/aromatic N) is 2. The summed E-state index contributed by atoms with van der Waals surface area (Å²) in [5.41, 5.74) is 1.89. The van der Waals surface area contributed by atoms with Gasteiger partial charge in [-0.25, -0.2) is 14.0 Å². The minimum atomic E-state index is -0.490. The molecule has 0 aliphatic heterocycles. The van der Waals surface area contributed by atoms with Gasteiger partial charge in [-0.3, -0.25) is 0 Å². The molecule has 8 heteroatoms. The molecule has 3 aromatic carbocycles. The fraction of sp³-hybridized carbons (Fsp3) is 0.143. The first-order valence-electron chi connectivity index (χ1n) is 11.2. The van der Waals surface area contributed by atoms with Gasteiger partial charge in [-0.1, -0.05) is 18.7 Å². The van der Waals surface area contributed by atoms with Crippen molar-refractivity contribution in [3.8, 4) is 11.5 Å². The van der Waals surface area contributed by atoms with E-state index in [1.807, 2.05) is 0 Å². The molecule has 0 N–H and O–H groups in total. The first kappa shape index (κ1) is 26.0. The van der Waals surface area contributed by atoms with Crippen LogP contribution in [0.4, 0.5) is 4.39 Å². The van der Waals surface area contributed by atoms with E-state index in [2.05, 4.69) is 16.8 Å². The van der Waals surface area contributed by atoms with Crippen molar-refractivity contribution in [3.05, 3.63) is 108 Å². The summed E-state index contributed by atoms with van der Waals surface area (Å²) in [6.45, 7) is 4.11. The third-order valence-corrected chi connectivity index (χ3v) is 4.75. The number of ether oxygens (including phenoxy) is 3. The zero-order valence-electron chi connectivity index (χ0n) is 19.5. The number of halogens is 1. The van der Waals surface area contributed by atoms with Gasteiger partial charge in [0.15, 0.2) is 0 Å². The zero-order chi connectivity index (χ0) is 25.6. The molecule has 0 saturated heterocycles. The SMILES string of the molecule is C=CC(=O)OCCCCOc1ccc(C(=O)Oc2ccc(/C=N/N=C/c3ccc(F)cc3)cc2)cc1. The average molecular weight is 489 g/mol. The number of hydrogen-bond donors (Lipinski definition) is 0. The van der Waals surface area contributed by atoms with Crippen LogP contribution in [0, 0.1) is 5.82 Å². The number of esters is 2. The molecule has 0 saturated carbocycles. The van der Waals surface area contributed by atoms with Crippen LogP contribution in [-0.2, 0) is 9.53 Å². The smallest absolute Gasteiger partial charge is 0.343 e. The maximum atomic E-state index is 12.9. The molecule has 3 rings (SSSR count). The highest BCUT2D eigenvalue weighted by Crippen LogP contribution is 2.17. The molecule has 0 unspecified atom stereocenters. The standard InChI is InChI=1S/C28H25FN2O5/c1-2-27(32)35-18-4-3-17-34-25-15-9-23(10-16-25)28(33)36-26-13-7-22(8-14-26)20-31-30-19-21-5-11-24(29)12-6-21/h2,5-16,19-20H,1,3-4,17-18H2/b30-19+,31-20+. The van der Waals surface area contributed by atoms with E-state index in [0.29, 0.717) is 36.7 Å². The minimum Gasteiger partial charge on any atom is -0.494 e. The Kier molecular flexibility index (Phi) is 10.1. The number of hydrogen-bond acceptors (Lipinski definition) is 7. The fourth-order valence-electron chi connectivity index (χ4n) is 2.85. The predicted molar refractivity (Wildman–Crippen MR) is 135 cm³/mol. The van der Waals surface area contributed by atoms with Crippen LogP contribution in [0.5, 0.6) is 11.5 Å². The van der Waals surface area contributed by atoms with Crippen molar-refractivity contribution in [2.75, 3.05) is 13.2 Å². The maximum absolute atomic E-state index is 12.9. The molecule has 36 heavy (non-hydrogen) atoms. The third kappa shape index (κ3) is 8.98. The van der Waals surface area contributed by atoms with Crippen molar-refractivity contribution < 1.29 is 28.2 Å². The molecule has 0 spiro atoms. The molecular formula is C28H25FN2O5. The summed E-state index contributed by atoms with van der Waals surface area (Å²) in [6.07, 6.45) is 5.60. The van der Waals surface area contributed by atoms with Crippen LogP contribution in [0.15, 0.2) is 95.7 Å². The summed E-state index contributed by atoms with van der Waals surface area (Å²) >= 11 is 0. The maximum Gasteiger partial charge on any atom is 0.343 e. The van der Waals surface area contributed by atoms with Gasteiger partial charge in [-0.2, -0.15) is 10.2 Å². The summed E-state index contributed by atoms with van der Waals surface area (Å²) in [4.78, 5) is 23.4. The van der Waals surface area contributed by atoms with E-state index < -0.39 is 11.9 Å². The first-order chi connectivity index (χ1) is 17.5. The third-order valence-electron chi connectivity index (χ3n) is 4.75. The van der Waals surface area contributed by atoms with E-state index in [1.165, 1.54) is 18.3 Å². The molecule has 0 heterocycles. The van der Waals surface area contributed by atoms with Gasteiger partial charge in [0.05, 0.1) is 31.2 Å².